The Bertz CT molecular complexity index is 957. The Labute approximate surface area is 184 Å². The standard InChI is InChI=1S/C22H23BrN2O3S/c1-4-9-25-21(26)18(24-22(25)29)11-16-10-17(23)20(19(12-16)27-3)28-13-15-7-5-14(2)6-8-15/h5-8,10-12H,4,9,13H2,1-3H3,(H,24,29)/b18-11-. The van der Waals surface area contributed by atoms with Gasteiger partial charge in [0.2, 0.25) is 0 Å². The van der Waals surface area contributed by atoms with Crippen LogP contribution in [0.25, 0.3) is 6.08 Å². The van der Waals surface area contributed by atoms with Gasteiger partial charge in [0.15, 0.2) is 16.6 Å². The Morgan fingerprint density at radius 1 is 1.24 bits per heavy atom. The molecule has 1 aliphatic rings. The normalized spacial score (nSPS) is 15.0. The van der Waals surface area contributed by atoms with Crippen LogP contribution < -0.4 is 14.8 Å². The number of hydrogen-bond donors (Lipinski definition) is 1. The maximum atomic E-state index is 12.5. The number of carbonyl (C=O) groups is 1. The number of nitrogens with zero attached hydrogens (tertiary/aromatic N) is 1. The SMILES string of the molecule is CCCN1C(=O)/C(=C/c2cc(Br)c(OCc3ccc(C)cc3)c(OC)c2)NC1=S. The first-order chi connectivity index (χ1) is 13.9. The highest BCUT2D eigenvalue weighted by Gasteiger charge is 2.29. The van der Waals surface area contributed by atoms with Crippen LogP contribution in [0.4, 0.5) is 0 Å². The molecule has 0 spiro atoms. The first-order valence-corrected chi connectivity index (χ1v) is 10.5. The molecule has 3 rings (SSSR count). The van der Waals surface area contributed by atoms with E-state index in [9.17, 15) is 4.79 Å². The largest absolute Gasteiger partial charge is 0.493 e. The van der Waals surface area contributed by atoms with Gasteiger partial charge in [-0.3, -0.25) is 9.69 Å². The van der Waals surface area contributed by atoms with E-state index in [0.717, 1.165) is 22.0 Å². The highest BCUT2D eigenvalue weighted by Crippen LogP contribution is 2.38. The lowest BCUT2D eigenvalue weighted by molar-refractivity contribution is -0.122. The lowest BCUT2D eigenvalue weighted by Gasteiger charge is -2.14. The fourth-order valence-corrected chi connectivity index (χ4v) is 3.83. The minimum absolute atomic E-state index is 0.119. The molecular formula is C22H23BrN2O3S. The molecule has 0 atom stereocenters. The van der Waals surface area contributed by atoms with Crippen molar-refractivity contribution in [2.24, 2.45) is 0 Å². The summed E-state index contributed by atoms with van der Waals surface area (Å²) in [6.07, 6.45) is 2.61. The minimum atomic E-state index is -0.119. The zero-order chi connectivity index (χ0) is 21.0. The summed E-state index contributed by atoms with van der Waals surface area (Å²) < 4.78 is 12.3. The molecule has 1 saturated heterocycles. The maximum absolute atomic E-state index is 12.5. The van der Waals surface area contributed by atoms with E-state index < -0.39 is 0 Å². The molecule has 0 aliphatic carbocycles. The van der Waals surface area contributed by atoms with Gasteiger partial charge in [0.25, 0.3) is 5.91 Å². The molecule has 1 N–H and O–H groups in total. The van der Waals surface area contributed by atoms with Gasteiger partial charge in [-0.15, -0.1) is 0 Å². The molecule has 0 bridgehead atoms. The van der Waals surface area contributed by atoms with Gasteiger partial charge in [-0.2, -0.15) is 0 Å². The van der Waals surface area contributed by atoms with Crippen LogP contribution in [-0.2, 0) is 11.4 Å². The number of carbonyl (C=O) groups excluding carboxylic acids is 1. The highest BCUT2D eigenvalue weighted by molar-refractivity contribution is 9.10. The van der Waals surface area contributed by atoms with Crippen molar-refractivity contribution in [1.82, 2.24) is 10.2 Å². The third-order valence-corrected chi connectivity index (χ3v) is 5.39. The minimum Gasteiger partial charge on any atom is -0.493 e. The molecule has 0 saturated carbocycles. The summed E-state index contributed by atoms with van der Waals surface area (Å²) in [6.45, 7) is 5.08. The van der Waals surface area contributed by atoms with E-state index in [4.69, 9.17) is 21.7 Å². The summed E-state index contributed by atoms with van der Waals surface area (Å²) in [5, 5.41) is 3.43. The highest BCUT2D eigenvalue weighted by atomic mass is 79.9. The van der Waals surface area contributed by atoms with Crippen molar-refractivity contribution in [2.45, 2.75) is 26.9 Å². The van der Waals surface area contributed by atoms with Crippen LogP contribution in [0.3, 0.4) is 0 Å². The van der Waals surface area contributed by atoms with Crippen LogP contribution in [-0.4, -0.2) is 29.6 Å². The molecule has 152 valence electrons. The van der Waals surface area contributed by atoms with Crippen molar-refractivity contribution in [3.8, 4) is 11.5 Å². The summed E-state index contributed by atoms with van der Waals surface area (Å²) >= 11 is 8.82. The third kappa shape index (κ3) is 4.97. The van der Waals surface area contributed by atoms with E-state index in [1.54, 1.807) is 18.1 Å². The predicted octanol–water partition coefficient (Wildman–Crippen LogP) is 4.81. The monoisotopic (exact) mass is 474 g/mol. The number of aryl methyl sites for hydroxylation is 1. The van der Waals surface area contributed by atoms with E-state index in [0.29, 0.717) is 35.5 Å². The number of halogens is 1. The summed E-state index contributed by atoms with van der Waals surface area (Å²) in [4.78, 5) is 14.1. The van der Waals surface area contributed by atoms with Crippen molar-refractivity contribution >= 4 is 45.2 Å². The van der Waals surface area contributed by atoms with Crippen LogP contribution >= 0.6 is 28.1 Å². The zero-order valence-electron chi connectivity index (χ0n) is 16.6. The topological polar surface area (TPSA) is 50.8 Å². The van der Waals surface area contributed by atoms with Gasteiger partial charge < -0.3 is 14.8 Å². The Morgan fingerprint density at radius 3 is 2.62 bits per heavy atom. The number of thiocarbonyl (C=S) groups is 1. The molecule has 5 nitrogen and oxygen atoms in total. The lowest BCUT2D eigenvalue weighted by Crippen LogP contribution is -2.31. The summed E-state index contributed by atoms with van der Waals surface area (Å²) in [7, 11) is 1.59. The first-order valence-electron chi connectivity index (χ1n) is 9.33. The van der Waals surface area contributed by atoms with Crippen LogP contribution in [0, 0.1) is 6.92 Å². The lowest BCUT2D eigenvalue weighted by atomic mass is 10.1. The average molecular weight is 475 g/mol. The molecule has 1 heterocycles. The summed E-state index contributed by atoms with van der Waals surface area (Å²) in [5.74, 6) is 1.08. The molecule has 0 unspecified atom stereocenters. The first kappa shape index (κ1) is 21.3. The molecule has 29 heavy (non-hydrogen) atoms. The Kier molecular flexibility index (Phi) is 6.92. The molecule has 7 heteroatoms. The van der Waals surface area contributed by atoms with Crippen molar-refractivity contribution in [3.05, 3.63) is 63.3 Å². The van der Waals surface area contributed by atoms with Gasteiger partial charge in [-0.1, -0.05) is 36.8 Å². The van der Waals surface area contributed by atoms with E-state index in [1.807, 2.05) is 31.2 Å². The average Bonchev–Trinajstić information content (AvgIpc) is 2.96. The number of hydrogen-bond acceptors (Lipinski definition) is 4. The van der Waals surface area contributed by atoms with Crippen molar-refractivity contribution < 1.29 is 14.3 Å². The number of rotatable bonds is 7. The van der Waals surface area contributed by atoms with Crippen LogP contribution in [0.1, 0.15) is 30.0 Å². The fourth-order valence-electron chi connectivity index (χ4n) is 2.97. The molecule has 1 fully saturated rings. The molecule has 2 aromatic carbocycles. The molecular weight excluding hydrogens is 452 g/mol. The fraction of sp³-hybridized carbons (Fsp3) is 0.273. The molecule has 0 aromatic heterocycles. The van der Waals surface area contributed by atoms with E-state index in [1.165, 1.54) is 5.56 Å². The van der Waals surface area contributed by atoms with Crippen LogP contribution in [0.15, 0.2) is 46.6 Å². The van der Waals surface area contributed by atoms with Gasteiger partial charge in [0.05, 0.1) is 11.6 Å². The van der Waals surface area contributed by atoms with Crippen LogP contribution in [0.5, 0.6) is 11.5 Å². The second-order valence-corrected chi connectivity index (χ2v) is 7.99. The van der Waals surface area contributed by atoms with E-state index in [2.05, 4.69) is 40.3 Å². The van der Waals surface area contributed by atoms with E-state index in [-0.39, 0.29) is 5.91 Å². The van der Waals surface area contributed by atoms with Gasteiger partial charge in [0.1, 0.15) is 12.3 Å². The van der Waals surface area contributed by atoms with Crippen molar-refractivity contribution in [2.75, 3.05) is 13.7 Å². The molecule has 1 amide bonds. The Balaban J connectivity index is 1.82. The number of nitrogens with one attached hydrogen (secondary N) is 1. The van der Waals surface area contributed by atoms with Gasteiger partial charge in [0, 0.05) is 6.54 Å². The van der Waals surface area contributed by atoms with Gasteiger partial charge in [-0.05, 0) is 70.8 Å². The van der Waals surface area contributed by atoms with Gasteiger partial charge in [-0.25, -0.2) is 0 Å². The number of benzene rings is 2. The Morgan fingerprint density at radius 2 is 1.97 bits per heavy atom. The number of methoxy groups -OCH3 is 1. The quantitative estimate of drug-likeness (QED) is 0.460. The van der Waals surface area contributed by atoms with Crippen molar-refractivity contribution in [3.63, 3.8) is 0 Å². The van der Waals surface area contributed by atoms with E-state index >= 15 is 0 Å². The molecule has 1 aliphatic heterocycles. The zero-order valence-corrected chi connectivity index (χ0v) is 19.0. The molecule has 2 aromatic rings. The van der Waals surface area contributed by atoms with Gasteiger partial charge >= 0.3 is 0 Å². The van der Waals surface area contributed by atoms with Crippen molar-refractivity contribution in [1.29, 1.82) is 0 Å². The second kappa shape index (κ2) is 9.41. The predicted molar refractivity (Wildman–Crippen MR) is 122 cm³/mol. The Hall–Kier alpha value is -2.38. The second-order valence-electron chi connectivity index (χ2n) is 6.75. The third-order valence-electron chi connectivity index (χ3n) is 4.48. The molecule has 0 radical (unpaired) electrons. The summed E-state index contributed by atoms with van der Waals surface area (Å²) in [6, 6.07) is 11.9. The number of ether oxygens (including phenoxy) is 2. The number of amides is 1. The smallest absolute Gasteiger partial charge is 0.276 e. The van der Waals surface area contributed by atoms with Crippen LogP contribution in [0.2, 0.25) is 0 Å². The maximum Gasteiger partial charge on any atom is 0.276 e. The summed E-state index contributed by atoms with van der Waals surface area (Å²) in [5.41, 5.74) is 3.53.